The summed E-state index contributed by atoms with van der Waals surface area (Å²) in [5.41, 5.74) is 3.11. The minimum Gasteiger partial charge on any atom is -0.322 e. The Labute approximate surface area is 111 Å². The highest BCUT2D eigenvalue weighted by atomic mass is 16.2. The lowest BCUT2D eigenvalue weighted by Gasteiger charge is -2.25. The standard InChI is InChI=1S/C14H14N4O/c19-14(18-12-7-15-9-16-8-12)13-5-10-3-1-2-4-11(10)6-17-13/h1-4,7-9,13,17H,5-6H2,(H,18,19)/t13-/m0/s1. The van der Waals surface area contributed by atoms with Crippen LogP contribution < -0.4 is 10.6 Å². The molecule has 1 amide bonds. The second kappa shape index (κ2) is 5.16. The maximum atomic E-state index is 12.1. The number of carbonyl (C=O) groups excluding carboxylic acids is 1. The van der Waals surface area contributed by atoms with E-state index in [1.54, 1.807) is 12.4 Å². The van der Waals surface area contributed by atoms with Gasteiger partial charge in [-0.25, -0.2) is 9.97 Å². The Morgan fingerprint density at radius 1 is 1.21 bits per heavy atom. The first-order valence-electron chi connectivity index (χ1n) is 6.19. The normalized spacial score (nSPS) is 17.6. The quantitative estimate of drug-likeness (QED) is 0.843. The molecule has 1 aromatic carbocycles. The van der Waals surface area contributed by atoms with E-state index in [1.807, 2.05) is 12.1 Å². The summed E-state index contributed by atoms with van der Waals surface area (Å²) in [7, 11) is 0. The molecule has 0 unspecified atom stereocenters. The Morgan fingerprint density at radius 2 is 1.95 bits per heavy atom. The highest BCUT2D eigenvalue weighted by Gasteiger charge is 2.23. The van der Waals surface area contributed by atoms with E-state index in [4.69, 9.17) is 0 Å². The van der Waals surface area contributed by atoms with Gasteiger partial charge < -0.3 is 10.6 Å². The van der Waals surface area contributed by atoms with Crippen LogP contribution in [0, 0.1) is 0 Å². The first-order chi connectivity index (χ1) is 9.33. The molecule has 0 saturated heterocycles. The Hall–Kier alpha value is -2.27. The number of amides is 1. The monoisotopic (exact) mass is 254 g/mol. The van der Waals surface area contributed by atoms with Gasteiger partial charge in [-0.3, -0.25) is 4.79 Å². The van der Waals surface area contributed by atoms with Crippen LogP contribution in [0.25, 0.3) is 0 Å². The largest absolute Gasteiger partial charge is 0.322 e. The minimum absolute atomic E-state index is 0.0516. The zero-order valence-corrected chi connectivity index (χ0v) is 10.3. The summed E-state index contributed by atoms with van der Waals surface area (Å²) in [5.74, 6) is -0.0516. The predicted molar refractivity (Wildman–Crippen MR) is 71.4 cm³/mol. The Kier molecular flexibility index (Phi) is 3.20. The smallest absolute Gasteiger partial charge is 0.241 e. The molecule has 5 nitrogen and oxygen atoms in total. The number of nitrogens with one attached hydrogen (secondary N) is 2. The van der Waals surface area contributed by atoms with Gasteiger partial charge in [-0.2, -0.15) is 0 Å². The van der Waals surface area contributed by atoms with Crippen LogP contribution in [-0.4, -0.2) is 21.9 Å². The third-order valence-electron chi connectivity index (χ3n) is 3.23. The summed E-state index contributed by atoms with van der Waals surface area (Å²) in [5, 5.41) is 6.06. The van der Waals surface area contributed by atoms with Gasteiger partial charge in [-0.15, -0.1) is 0 Å². The van der Waals surface area contributed by atoms with Crippen LogP contribution in [0.2, 0.25) is 0 Å². The molecule has 2 N–H and O–H groups in total. The van der Waals surface area contributed by atoms with E-state index in [-0.39, 0.29) is 11.9 Å². The maximum absolute atomic E-state index is 12.1. The van der Waals surface area contributed by atoms with E-state index in [0.29, 0.717) is 12.1 Å². The van der Waals surface area contributed by atoms with Crippen LogP contribution in [-0.2, 0) is 17.8 Å². The van der Waals surface area contributed by atoms with Gasteiger partial charge in [0.05, 0.1) is 24.1 Å². The Bertz CT molecular complexity index is 585. The van der Waals surface area contributed by atoms with Crippen molar-refractivity contribution in [3.63, 3.8) is 0 Å². The maximum Gasteiger partial charge on any atom is 0.241 e. The average Bonchev–Trinajstić information content (AvgIpc) is 2.48. The van der Waals surface area contributed by atoms with Crippen molar-refractivity contribution in [3.8, 4) is 0 Å². The number of hydrogen-bond acceptors (Lipinski definition) is 4. The predicted octanol–water partition coefficient (Wildman–Crippen LogP) is 1.13. The van der Waals surface area contributed by atoms with Crippen molar-refractivity contribution < 1.29 is 4.79 Å². The zero-order valence-electron chi connectivity index (χ0n) is 10.3. The topological polar surface area (TPSA) is 66.9 Å². The molecule has 5 heteroatoms. The molecule has 0 bridgehead atoms. The molecule has 96 valence electrons. The molecule has 0 radical (unpaired) electrons. The molecule has 0 saturated carbocycles. The molecular formula is C14H14N4O. The molecule has 1 aromatic heterocycles. The fourth-order valence-corrected chi connectivity index (χ4v) is 2.23. The molecule has 1 aliphatic heterocycles. The SMILES string of the molecule is O=C(Nc1cncnc1)[C@@H]1Cc2ccccc2CN1. The van der Waals surface area contributed by atoms with Crippen LogP contribution >= 0.6 is 0 Å². The van der Waals surface area contributed by atoms with Crippen LogP contribution in [0.4, 0.5) is 5.69 Å². The lowest BCUT2D eigenvalue weighted by Crippen LogP contribution is -2.44. The van der Waals surface area contributed by atoms with Gasteiger partial charge in [0.25, 0.3) is 0 Å². The number of rotatable bonds is 2. The van der Waals surface area contributed by atoms with Gasteiger partial charge in [0, 0.05) is 6.54 Å². The summed E-state index contributed by atoms with van der Waals surface area (Å²) in [4.78, 5) is 19.9. The van der Waals surface area contributed by atoms with E-state index in [1.165, 1.54) is 17.5 Å². The number of carbonyl (C=O) groups is 1. The zero-order chi connectivity index (χ0) is 13.1. The first kappa shape index (κ1) is 11.8. The van der Waals surface area contributed by atoms with Crippen LogP contribution in [0.15, 0.2) is 43.0 Å². The van der Waals surface area contributed by atoms with Crippen molar-refractivity contribution in [1.29, 1.82) is 0 Å². The highest BCUT2D eigenvalue weighted by molar-refractivity contribution is 5.94. The van der Waals surface area contributed by atoms with E-state index in [9.17, 15) is 4.79 Å². The van der Waals surface area contributed by atoms with Crippen molar-refractivity contribution in [1.82, 2.24) is 15.3 Å². The number of aromatic nitrogens is 2. The molecular weight excluding hydrogens is 240 g/mol. The third kappa shape index (κ3) is 2.61. The molecule has 3 rings (SSSR count). The lowest BCUT2D eigenvalue weighted by molar-refractivity contribution is -0.118. The molecule has 1 atom stereocenters. The van der Waals surface area contributed by atoms with Gasteiger partial charge in [0.15, 0.2) is 0 Å². The summed E-state index contributed by atoms with van der Waals surface area (Å²) in [6, 6.07) is 7.96. The lowest BCUT2D eigenvalue weighted by atomic mass is 9.95. The average molecular weight is 254 g/mol. The summed E-state index contributed by atoms with van der Waals surface area (Å²) in [6.45, 7) is 0.722. The van der Waals surface area contributed by atoms with Crippen molar-refractivity contribution in [2.75, 3.05) is 5.32 Å². The van der Waals surface area contributed by atoms with E-state index >= 15 is 0 Å². The van der Waals surface area contributed by atoms with Gasteiger partial charge in [0.1, 0.15) is 6.33 Å². The van der Waals surface area contributed by atoms with Crippen molar-refractivity contribution in [2.45, 2.75) is 19.0 Å². The first-order valence-corrected chi connectivity index (χ1v) is 6.19. The van der Waals surface area contributed by atoms with Gasteiger partial charge in [0.2, 0.25) is 5.91 Å². The fraction of sp³-hybridized carbons (Fsp3) is 0.214. The third-order valence-corrected chi connectivity index (χ3v) is 3.23. The Balaban J connectivity index is 1.70. The van der Waals surface area contributed by atoms with Crippen molar-refractivity contribution >= 4 is 11.6 Å². The summed E-state index contributed by atoms with van der Waals surface area (Å²) < 4.78 is 0. The van der Waals surface area contributed by atoms with Gasteiger partial charge >= 0.3 is 0 Å². The second-order valence-corrected chi connectivity index (χ2v) is 4.52. The van der Waals surface area contributed by atoms with Crippen LogP contribution in [0.3, 0.4) is 0 Å². The van der Waals surface area contributed by atoms with E-state index in [2.05, 4.69) is 32.7 Å². The van der Waals surface area contributed by atoms with Gasteiger partial charge in [-0.1, -0.05) is 24.3 Å². The second-order valence-electron chi connectivity index (χ2n) is 4.52. The number of benzene rings is 1. The molecule has 1 aliphatic rings. The number of nitrogens with zero attached hydrogens (tertiary/aromatic N) is 2. The summed E-state index contributed by atoms with van der Waals surface area (Å²) in [6.07, 6.45) is 5.31. The van der Waals surface area contributed by atoms with Crippen molar-refractivity contribution in [2.24, 2.45) is 0 Å². The molecule has 0 spiro atoms. The van der Waals surface area contributed by atoms with Gasteiger partial charge in [-0.05, 0) is 17.5 Å². The molecule has 2 aromatic rings. The molecule has 0 aliphatic carbocycles. The molecule has 2 heterocycles. The van der Waals surface area contributed by atoms with Crippen molar-refractivity contribution in [3.05, 3.63) is 54.1 Å². The molecule has 19 heavy (non-hydrogen) atoms. The van der Waals surface area contributed by atoms with Crippen LogP contribution in [0.5, 0.6) is 0 Å². The number of fused-ring (bicyclic) bond motifs is 1. The number of hydrogen-bond donors (Lipinski definition) is 2. The minimum atomic E-state index is -0.213. The molecule has 0 fully saturated rings. The fourth-order valence-electron chi connectivity index (χ4n) is 2.23. The highest BCUT2D eigenvalue weighted by Crippen LogP contribution is 2.17. The summed E-state index contributed by atoms with van der Waals surface area (Å²) >= 11 is 0. The Morgan fingerprint density at radius 3 is 2.74 bits per heavy atom. The van der Waals surface area contributed by atoms with E-state index < -0.39 is 0 Å². The van der Waals surface area contributed by atoms with E-state index in [0.717, 1.165) is 6.54 Å². The van der Waals surface area contributed by atoms with Crippen LogP contribution in [0.1, 0.15) is 11.1 Å². The number of anilines is 1.